The normalized spacial score (nSPS) is 16.7. The summed E-state index contributed by atoms with van der Waals surface area (Å²) in [5.74, 6) is 0.432. The van der Waals surface area contributed by atoms with Gasteiger partial charge in [0.2, 0.25) is 0 Å². The second-order valence-electron chi connectivity index (χ2n) is 4.21. The predicted octanol–water partition coefficient (Wildman–Crippen LogP) is 0.480. The van der Waals surface area contributed by atoms with Crippen molar-refractivity contribution in [1.29, 1.82) is 0 Å². The third-order valence-corrected chi connectivity index (χ3v) is 4.98. The van der Waals surface area contributed by atoms with E-state index in [9.17, 15) is 8.42 Å². The van der Waals surface area contributed by atoms with Crippen LogP contribution < -0.4 is 5.73 Å². The first-order valence-electron chi connectivity index (χ1n) is 5.43. The van der Waals surface area contributed by atoms with Crippen LogP contribution in [0, 0.1) is 0 Å². The van der Waals surface area contributed by atoms with Crippen LogP contribution in [0.2, 0.25) is 0 Å². The third kappa shape index (κ3) is 4.49. The first-order chi connectivity index (χ1) is 6.81. The molecule has 1 atom stereocenters. The molecule has 1 unspecified atom stereocenters. The standard InChI is InChI=1S/C10H24N2O2S/c1-5-10(3,9-11)12(4)7-8-15(13,14)6-2/h5-9,11H2,1-4H3. The zero-order chi connectivity index (χ0) is 12.1. The Labute approximate surface area is 93.7 Å². The fourth-order valence-corrected chi connectivity index (χ4v) is 2.10. The van der Waals surface area contributed by atoms with E-state index in [1.807, 2.05) is 11.9 Å². The Kier molecular flexibility index (Phi) is 5.77. The molecule has 0 saturated carbocycles. The smallest absolute Gasteiger partial charge is 0.151 e. The van der Waals surface area contributed by atoms with Crippen molar-refractivity contribution >= 4 is 9.84 Å². The van der Waals surface area contributed by atoms with Gasteiger partial charge in [-0.3, -0.25) is 4.90 Å². The van der Waals surface area contributed by atoms with E-state index in [4.69, 9.17) is 5.73 Å². The average Bonchev–Trinajstić information content (AvgIpc) is 2.24. The lowest BCUT2D eigenvalue weighted by Gasteiger charge is -2.37. The molecule has 4 nitrogen and oxygen atoms in total. The lowest BCUT2D eigenvalue weighted by Crippen LogP contribution is -2.50. The number of rotatable bonds is 7. The first-order valence-corrected chi connectivity index (χ1v) is 7.25. The highest BCUT2D eigenvalue weighted by Crippen LogP contribution is 2.15. The molecular weight excluding hydrogens is 212 g/mol. The number of hydrogen-bond donors (Lipinski definition) is 1. The monoisotopic (exact) mass is 236 g/mol. The highest BCUT2D eigenvalue weighted by Gasteiger charge is 2.26. The van der Waals surface area contributed by atoms with E-state index in [1.165, 1.54) is 0 Å². The van der Waals surface area contributed by atoms with E-state index in [0.717, 1.165) is 6.42 Å². The predicted molar refractivity (Wildman–Crippen MR) is 64.7 cm³/mol. The molecule has 0 amide bonds. The summed E-state index contributed by atoms with van der Waals surface area (Å²) in [5.41, 5.74) is 5.61. The van der Waals surface area contributed by atoms with Gasteiger partial charge in [-0.2, -0.15) is 0 Å². The fourth-order valence-electron chi connectivity index (χ4n) is 1.26. The Morgan fingerprint density at radius 2 is 1.87 bits per heavy atom. The summed E-state index contributed by atoms with van der Waals surface area (Å²) in [7, 11) is -0.942. The molecule has 15 heavy (non-hydrogen) atoms. The fraction of sp³-hybridized carbons (Fsp3) is 1.00. The molecular formula is C10H24N2O2S. The van der Waals surface area contributed by atoms with E-state index in [-0.39, 0.29) is 17.0 Å². The Balaban J connectivity index is 4.31. The molecule has 0 bridgehead atoms. The zero-order valence-electron chi connectivity index (χ0n) is 10.3. The quantitative estimate of drug-likeness (QED) is 0.698. The molecule has 0 spiro atoms. The van der Waals surface area contributed by atoms with Crippen LogP contribution in [0.1, 0.15) is 27.2 Å². The van der Waals surface area contributed by atoms with Gasteiger partial charge in [0.25, 0.3) is 0 Å². The van der Waals surface area contributed by atoms with Crippen molar-refractivity contribution in [2.45, 2.75) is 32.7 Å². The SMILES string of the molecule is CCC(C)(CN)N(C)CCS(=O)(=O)CC. The highest BCUT2D eigenvalue weighted by atomic mass is 32.2. The average molecular weight is 236 g/mol. The van der Waals surface area contributed by atoms with Gasteiger partial charge in [0.05, 0.1) is 5.75 Å². The summed E-state index contributed by atoms with van der Waals surface area (Å²) in [6.07, 6.45) is 0.923. The van der Waals surface area contributed by atoms with E-state index < -0.39 is 9.84 Å². The number of sulfone groups is 1. The van der Waals surface area contributed by atoms with Crippen molar-refractivity contribution in [3.05, 3.63) is 0 Å². The van der Waals surface area contributed by atoms with Crippen molar-refractivity contribution in [3.63, 3.8) is 0 Å². The van der Waals surface area contributed by atoms with Gasteiger partial charge in [-0.05, 0) is 20.4 Å². The van der Waals surface area contributed by atoms with E-state index in [1.54, 1.807) is 6.92 Å². The van der Waals surface area contributed by atoms with Crippen molar-refractivity contribution in [2.75, 3.05) is 31.6 Å². The van der Waals surface area contributed by atoms with Gasteiger partial charge < -0.3 is 5.73 Å². The molecule has 0 aromatic heterocycles. The molecule has 0 fully saturated rings. The van der Waals surface area contributed by atoms with Crippen molar-refractivity contribution in [1.82, 2.24) is 4.90 Å². The summed E-state index contributed by atoms with van der Waals surface area (Å²) in [4.78, 5) is 2.04. The molecule has 0 heterocycles. The van der Waals surface area contributed by atoms with Crippen LogP contribution in [-0.4, -0.2) is 50.5 Å². The van der Waals surface area contributed by atoms with Gasteiger partial charge in [0.15, 0.2) is 9.84 Å². The molecule has 0 aromatic rings. The van der Waals surface area contributed by atoms with Crippen LogP contribution in [0.5, 0.6) is 0 Å². The lowest BCUT2D eigenvalue weighted by atomic mass is 9.97. The van der Waals surface area contributed by atoms with E-state index in [0.29, 0.717) is 13.1 Å². The molecule has 0 saturated heterocycles. The Morgan fingerprint density at radius 3 is 2.20 bits per heavy atom. The zero-order valence-corrected chi connectivity index (χ0v) is 11.1. The largest absolute Gasteiger partial charge is 0.329 e. The molecule has 0 rings (SSSR count). The number of likely N-dealkylation sites (N-methyl/N-ethyl adjacent to an activating group) is 1. The maximum atomic E-state index is 11.3. The Hall–Kier alpha value is -0.130. The molecule has 0 radical (unpaired) electrons. The third-order valence-electron chi connectivity index (χ3n) is 3.30. The van der Waals surface area contributed by atoms with Gasteiger partial charge >= 0.3 is 0 Å². The van der Waals surface area contributed by atoms with E-state index in [2.05, 4.69) is 13.8 Å². The second-order valence-corrected chi connectivity index (χ2v) is 6.69. The topological polar surface area (TPSA) is 63.4 Å². The maximum Gasteiger partial charge on any atom is 0.151 e. The van der Waals surface area contributed by atoms with Gasteiger partial charge in [0.1, 0.15) is 0 Å². The van der Waals surface area contributed by atoms with Crippen LogP contribution >= 0.6 is 0 Å². The van der Waals surface area contributed by atoms with Gasteiger partial charge in [-0.15, -0.1) is 0 Å². The summed E-state index contributed by atoms with van der Waals surface area (Å²) in [5, 5.41) is 0. The van der Waals surface area contributed by atoms with Crippen molar-refractivity contribution < 1.29 is 8.42 Å². The van der Waals surface area contributed by atoms with Crippen LogP contribution in [0.15, 0.2) is 0 Å². The summed E-state index contributed by atoms with van der Waals surface area (Å²) in [6, 6.07) is 0. The van der Waals surface area contributed by atoms with Gasteiger partial charge in [0, 0.05) is 24.4 Å². The minimum Gasteiger partial charge on any atom is -0.329 e. The minimum atomic E-state index is -2.87. The Morgan fingerprint density at radius 1 is 1.33 bits per heavy atom. The number of nitrogens with zero attached hydrogens (tertiary/aromatic N) is 1. The first kappa shape index (κ1) is 14.9. The molecule has 92 valence electrons. The molecule has 0 aromatic carbocycles. The van der Waals surface area contributed by atoms with Crippen molar-refractivity contribution in [2.24, 2.45) is 5.73 Å². The minimum absolute atomic E-state index is 0.0940. The molecule has 0 aliphatic rings. The molecule has 0 aliphatic heterocycles. The number of nitrogens with two attached hydrogens (primary N) is 1. The van der Waals surface area contributed by atoms with Crippen LogP contribution in [0.3, 0.4) is 0 Å². The van der Waals surface area contributed by atoms with E-state index >= 15 is 0 Å². The highest BCUT2D eigenvalue weighted by molar-refractivity contribution is 7.91. The van der Waals surface area contributed by atoms with Crippen LogP contribution in [-0.2, 0) is 9.84 Å². The summed E-state index contributed by atoms with van der Waals surface area (Å²) >= 11 is 0. The maximum absolute atomic E-state index is 11.3. The summed E-state index contributed by atoms with van der Waals surface area (Å²) in [6.45, 7) is 6.91. The van der Waals surface area contributed by atoms with Crippen molar-refractivity contribution in [3.8, 4) is 0 Å². The van der Waals surface area contributed by atoms with Gasteiger partial charge in [-0.25, -0.2) is 8.42 Å². The summed E-state index contributed by atoms with van der Waals surface area (Å²) < 4.78 is 22.7. The Bertz CT molecular complexity index is 271. The molecule has 5 heteroatoms. The molecule has 2 N–H and O–H groups in total. The molecule has 0 aliphatic carbocycles. The van der Waals surface area contributed by atoms with Gasteiger partial charge in [-0.1, -0.05) is 13.8 Å². The number of hydrogen-bond acceptors (Lipinski definition) is 4. The lowest BCUT2D eigenvalue weighted by molar-refractivity contribution is 0.148. The van der Waals surface area contributed by atoms with Crippen LogP contribution in [0.25, 0.3) is 0 Å². The second kappa shape index (κ2) is 5.82. The van der Waals surface area contributed by atoms with Crippen LogP contribution in [0.4, 0.5) is 0 Å².